The van der Waals surface area contributed by atoms with Crippen molar-refractivity contribution in [1.82, 2.24) is 15.5 Å². The fourth-order valence-corrected chi connectivity index (χ4v) is 5.31. The Morgan fingerprint density at radius 1 is 1.39 bits per heavy atom. The van der Waals surface area contributed by atoms with E-state index in [0.29, 0.717) is 38.7 Å². The van der Waals surface area contributed by atoms with E-state index in [9.17, 15) is 12.8 Å². The monoisotopic (exact) mass is 412 g/mol. The molecule has 2 atom stereocenters. The third-order valence-corrected chi connectivity index (χ3v) is 6.83. The number of halogens is 1. The Hall–Kier alpha value is -1.71. The van der Waals surface area contributed by atoms with Crippen molar-refractivity contribution in [2.45, 2.75) is 25.4 Å². The maximum atomic E-state index is 13.8. The van der Waals surface area contributed by atoms with E-state index in [1.54, 1.807) is 12.1 Å². The average Bonchev–Trinajstić information content (AvgIpc) is 3.01. The van der Waals surface area contributed by atoms with E-state index in [2.05, 4.69) is 15.5 Å². The quantitative estimate of drug-likeness (QED) is 0.535. The highest BCUT2D eigenvalue weighted by molar-refractivity contribution is 7.91. The highest BCUT2D eigenvalue weighted by Gasteiger charge is 2.29. The number of nitrogens with one attached hydrogen (secondary N) is 2. The molecular formula is C19H29FN4O3S. The fraction of sp³-hybridized carbons (Fsp3) is 0.632. The molecule has 1 aromatic carbocycles. The van der Waals surface area contributed by atoms with E-state index in [1.807, 2.05) is 13.0 Å². The van der Waals surface area contributed by atoms with Gasteiger partial charge in [0.05, 0.1) is 37.3 Å². The molecule has 2 aliphatic heterocycles. The van der Waals surface area contributed by atoms with Gasteiger partial charge in [0.15, 0.2) is 15.8 Å². The molecule has 0 aliphatic carbocycles. The molecular weight excluding hydrogens is 383 g/mol. The Bertz CT molecular complexity index is 781. The van der Waals surface area contributed by atoms with Crippen LogP contribution >= 0.6 is 0 Å². The smallest absolute Gasteiger partial charge is 0.191 e. The molecule has 156 valence electrons. The van der Waals surface area contributed by atoms with Crippen molar-refractivity contribution in [2.24, 2.45) is 4.99 Å². The molecule has 3 rings (SSSR count). The van der Waals surface area contributed by atoms with E-state index >= 15 is 0 Å². The van der Waals surface area contributed by atoms with Crippen LogP contribution in [-0.2, 0) is 14.6 Å². The molecule has 7 nitrogen and oxygen atoms in total. The third-order valence-electron chi connectivity index (χ3n) is 5.06. The molecule has 2 N–H and O–H groups in total. The molecule has 2 saturated heterocycles. The molecule has 2 fully saturated rings. The molecule has 2 aliphatic rings. The summed E-state index contributed by atoms with van der Waals surface area (Å²) in [6.45, 7) is 5.91. The highest BCUT2D eigenvalue weighted by Crippen LogP contribution is 2.23. The molecule has 1 aromatic rings. The highest BCUT2D eigenvalue weighted by atomic mass is 32.2. The molecule has 0 aromatic heterocycles. The first kappa shape index (κ1) is 21.0. The fourth-order valence-electron chi connectivity index (χ4n) is 3.63. The number of morpholine rings is 1. The van der Waals surface area contributed by atoms with Crippen LogP contribution in [0.3, 0.4) is 0 Å². The Morgan fingerprint density at radius 2 is 2.18 bits per heavy atom. The van der Waals surface area contributed by atoms with Crippen molar-refractivity contribution in [3.05, 3.63) is 35.6 Å². The van der Waals surface area contributed by atoms with Gasteiger partial charge in [0, 0.05) is 25.7 Å². The van der Waals surface area contributed by atoms with Crippen molar-refractivity contribution in [3.63, 3.8) is 0 Å². The van der Waals surface area contributed by atoms with Crippen LogP contribution in [0.4, 0.5) is 4.39 Å². The van der Waals surface area contributed by atoms with Crippen molar-refractivity contribution in [2.75, 3.05) is 50.9 Å². The van der Waals surface area contributed by atoms with Crippen molar-refractivity contribution in [1.29, 1.82) is 0 Å². The average molecular weight is 413 g/mol. The lowest BCUT2D eigenvalue weighted by Gasteiger charge is -2.34. The SMILES string of the molecule is CCNC(=NCC(c1cccc(F)c1)N1CCOCC1)NC1CCS(=O)(=O)C1. The van der Waals surface area contributed by atoms with Gasteiger partial charge in [-0.3, -0.25) is 9.89 Å². The van der Waals surface area contributed by atoms with E-state index < -0.39 is 9.84 Å². The van der Waals surface area contributed by atoms with Crippen molar-refractivity contribution >= 4 is 15.8 Å². The second kappa shape index (κ2) is 9.67. The van der Waals surface area contributed by atoms with Gasteiger partial charge >= 0.3 is 0 Å². The molecule has 2 unspecified atom stereocenters. The zero-order chi connectivity index (χ0) is 20.0. The zero-order valence-corrected chi connectivity index (χ0v) is 17.0. The first-order chi connectivity index (χ1) is 13.5. The summed E-state index contributed by atoms with van der Waals surface area (Å²) < 4.78 is 42.7. The minimum atomic E-state index is -2.96. The lowest BCUT2D eigenvalue weighted by molar-refractivity contribution is 0.0179. The van der Waals surface area contributed by atoms with Gasteiger partial charge < -0.3 is 15.4 Å². The van der Waals surface area contributed by atoms with Gasteiger partial charge in [-0.2, -0.15) is 0 Å². The Kier molecular flexibility index (Phi) is 7.25. The number of benzene rings is 1. The van der Waals surface area contributed by atoms with Crippen LogP contribution in [0.2, 0.25) is 0 Å². The van der Waals surface area contributed by atoms with Crippen LogP contribution in [0.15, 0.2) is 29.3 Å². The number of sulfone groups is 1. The van der Waals surface area contributed by atoms with Crippen molar-refractivity contribution in [3.8, 4) is 0 Å². The lowest BCUT2D eigenvalue weighted by Crippen LogP contribution is -2.45. The van der Waals surface area contributed by atoms with Gasteiger partial charge in [0.1, 0.15) is 5.82 Å². The molecule has 9 heteroatoms. The summed E-state index contributed by atoms with van der Waals surface area (Å²) in [5.41, 5.74) is 0.880. The Labute approximate surface area is 166 Å². The number of aliphatic imine (C=N–C) groups is 1. The normalized spacial score (nSPS) is 24.1. The Morgan fingerprint density at radius 3 is 2.82 bits per heavy atom. The molecule has 0 radical (unpaired) electrons. The summed E-state index contributed by atoms with van der Waals surface area (Å²) in [5, 5.41) is 6.42. The first-order valence-electron chi connectivity index (χ1n) is 9.79. The minimum absolute atomic E-state index is 0.0673. The summed E-state index contributed by atoms with van der Waals surface area (Å²) in [6, 6.07) is 6.44. The van der Waals surface area contributed by atoms with Gasteiger partial charge in [0.25, 0.3) is 0 Å². The predicted molar refractivity (Wildman–Crippen MR) is 108 cm³/mol. The third kappa shape index (κ3) is 5.89. The van der Waals surface area contributed by atoms with Gasteiger partial charge in [-0.05, 0) is 31.0 Å². The number of hydrogen-bond acceptors (Lipinski definition) is 5. The molecule has 28 heavy (non-hydrogen) atoms. The van der Waals surface area contributed by atoms with Gasteiger partial charge in [-0.15, -0.1) is 0 Å². The zero-order valence-electron chi connectivity index (χ0n) is 16.2. The van der Waals surface area contributed by atoms with Gasteiger partial charge in [0.2, 0.25) is 0 Å². The lowest BCUT2D eigenvalue weighted by atomic mass is 10.0. The molecule has 0 amide bonds. The minimum Gasteiger partial charge on any atom is -0.379 e. The maximum absolute atomic E-state index is 13.8. The topological polar surface area (TPSA) is 83.0 Å². The standard InChI is InChI=1S/C19H29FN4O3S/c1-2-21-19(23-17-6-11-28(25,26)14-17)22-13-18(24-7-9-27-10-8-24)15-4-3-5-16(20)12-15/h3-5,12,17-18H,2,6-11,13-14H2,1H3,(H2,21,22,23). The predicted octanol–water partition coefficient (Wildman–Crippen LogP) is 0.941. The summed E-state index contributed by atoms with van der Waals surface area (Å²) in [5.74, 6) is 0.679. The van der Waals surface area contributed by atoms with E-state index in [1.165, 1.54) is 6.07 Å². The molecule has 0 bridgehead atoms. The Balaban J connectivity index is 1.75. The molecule has 2 heterocycles. The van der Waals surface area contributed by atoms with Crippen LogP contribution in [0.5, 0.6) is 0 Å². The second-order valence-electron chi connectivity index (χ2n) is 7.18. The van der Waals surface area contributed by atoms with Gasteiger partial charge in [-0.25, -0.2) is 12.8 Å². The number of nitrogens with zero attached hydrogens (tertiary/aromatic N) is 2. The van der Waals surface area contributed by atoms with Crippen LogP contribution in [0.25, 0.3) is 0 Å². The van der Waals surface area contributed by atoms with Crippen LogP contribution in [-0.4, -0.2) is 76.2 Å². The molecule has 0 spiro atoms. The van der Waals surface area contributed by atoms with Crippen LogP contribution in [0, 0.1) is 5.82 Å². The van der Waals surface area contributed by atoms with Crippen LogP contribution in [0.1, 0.15) is 24.9 Å². The van der Waals surface area contributed by atoms with Crippen LogP contribution < -0.4 is 10.6 Å². The summed E-state index contributed by atoms with van der Waals surface area (Å²) in [7, 11) is -2.96. The van der Waals surface area contributed by atoms with E-state index in [4.69, 9.17) is 9.73 Å². The number of rotatable bonds is 6. The summed E-state index contributed by atoms with van der Waals surface area (Å²) >= 11 is 0. The molecule has 0 saturated carbocycles. The maximum Gasteiger partial charge on any atom is 0.191 e. The summed E-state index contributed by atoms with van der Waals surface area (Å²) in [4.78, 5) is 6.96. The second-order valence-corrected chi connectivity index (χ2v) is 9.41. The van der Waals surface area contributed by atoms with Crippen molar-refractivity contribution < 1.29 is 17.5 Å². The van der Waals surface area contributed by atoms with E-state index in [-0.39, 0.29) is 29.4 Å². The largest absolute Gasteiger partial charge is 0.379 e. The summed E-state index contributed by atoms with van der Waals surface area (Å²) in [6.07, 6.45) is 0.587. The van der Waals surface area contributed by atoms with E-state index in [0.717, 1.165) is 18.7 Å². The number of hydrogen-bond donors (Lipinski definition) is 2. The first-order valence-corrected chi connectivity index (χ1v) is 11.6. The van der Waals surface area contributed by atoms with Gasteiger partial charge in [-0.1, -0.05) is 12.1 Å². The number of guanidine groups is 1. The number of ether oxygens (including phenoxy) is 1.